The molecule has 0 unspecified atom stereocenters. The van der Waals surface area contributed by atoms with Crippen molar-refractivity contribution in [3.63, 3.8) is 0 Å². The van der Waals surface area contributed by atoms with E-state index in [4.69, 9.17) is 0 Å². The normalized spacial score (nSPS) is 11.6. The van der Waals surface area contributed by atoms with Gasteiger partial charge in [0.2, 0.25) is 5.91 Å². The first-order valence-corrected chi connectivity index (χ1v) is 8.70. The molecular weight excluding hydrogens is 405 g/mol. The molecule has 3 aromatic rings. The Balaban J connectivity index is 1.78. The molecule has 0 fully saturated rings. The molecule has 2 amide bonds. The molecule has 160 valence electrons. The molecule has 0 atom stereocenters. The van der Waals surface area contributed by atoms with E-state index in [2.05, 4.69) is 25.9 Å². The van der Waals surface area contributed by atoms with Gasteiger partial charge < -0.3 is 10.6 Å². The summed E-state index contributed by atoms with van der Waals surface area (Å²) in [7, 11) is 3.21. The van der Waals surface area contributed by atoms with Crippen molar-refractivity contribution in [2.24, 2.45) is 14.1 Å². The van der Waals surface area contributed by atoms with E-state index in [-0.39, 0.29) is 17.1 Å². The number of halogens is 3. The van der Waals surface area contributed by atoms with Gasteiger partial charge in [-0.1, -0.05) is 0 Å². The molecule has 0 saturated carbocycles. The SMILES string of the molecule is Cc1cc(C(F)(F)F)n(CC(=O)Nc2cnn(C)c2C(=O)Nc2cnn(C)c2C)n1. The van der Waals surface area contributed by atoms with Crippen LogP contribution in [0, 0.1) is 13.8 Å². The highest BCUT2D eigenvalue weighted by atomic mass is 19.4. The Kier molecular flexibility index (Phi) is 5.37. The van der Waals surface area contributed by atoms with Crippen molar-refractivity contribution in [3.05, 3.63) is 41.2 Å². The minimum absolute atomic E-state index is 0.0271. The zero-order chi connectivity index (χ0) is 22.2. The summed E-state index contributed by atoms with van der Waals surface area (Å²) in [6.07, 6.45) is -1.94. The largest absolute Gasteiger partial charge is 0.433 e. The van der Waals surface area contributed by atoms with Crippen LogP contribution in [0.15, 0.2) is 18.5 Å². The first-order chi connectivity index (χ1) is 14.0. The molecule has 0 aromatic carbocycles. The Bertz CT molecular complexity index is 1110. The molecule has 0 saturated heterocycles. The Morgan fingerprint density at radius 3 is 2.27 bits per heavy atom. The lowest BCUT2D eigenvalue weighted by Gasteiger charge is -2.11. The predicted molar refractivity (Wildman–Crippen MR) is 99.7 cm³/mol. The van der Waals surface area contributed by atoms with Crippen molar-refractivity contribution in [1.82, 2.24) is 29.3 Å². The van der Waals surface area contributed by atoms with Gasteiger partial charge in [-0.3, -0.25) is 23.6 Å². The minimum atomic E-state index is -4.65. The Morgan fingerprint density at radius 1 is 1.03 bits per heavy atom. The molecule has 0 spiro atoms. The number of hydrogen-bond donors (Lipinski definition) is 2. The molecule has 13 heteroatoms. The van der Waals surface area contributed by atoms with Gasteiger partial charge in [-0.2, -0.15) is 28.5 Å². The van der Waals surface area contributed by atoms with E-state index in [1.54, 1.807) is 18.7 Å². The Labute approximate surface area is 168 Å². The van der Waals surface area contributed by atoms with Crippen LogP contribution in [0.25, 0.3) is 0 Å². The number of alkyl halides is 3. The van der Waals surface area contributed by atoms with Crippen LogP contribution in [0.4, 0.5) is 24.5 Å². The van der Waals surface area contributed by atoms with Crippen LogP contribution in [-0.2, 0) is 31.6 Å². The van der Waals surface area contributed by atoms with E-state index >= 15 is 0 Å². The van der Waals surface area contributed by atoms with Gasteiger partial charge in [-0.15, -0.1) is 0 Å². The lowest BCUT2D eigenvalue weighted by molar-refractivity contribution is -0.144. The summed E-state index contributed by atoms with van der Waals surface area (Å²) in [5.41, 5.74) is 0.362. The Hall–Kier alpha value is -3.64. The van der Waals surface area contributed by atoms with Crippen molar-refractivity contribution in [2.45, 2.75) is 26.6 Å². The second kappa shape index (κ2) is 7.65. The van der Waals surface area contributed by atoms with Crippen molar-refractivity contribution >= 4 is 23.2 Å². The van der Waals surface area contributed by atoms with E-state index < -0.39 is 30.2 Å². The van der Waals surface area contributed by atoms with Crippen LogP contribution in [0.2, 0.25) is 0 Å². The van der Waals surface area contributed by atoms with Gasteiger partial charge in [-0.05, 0) is 19.9 Å². The summed E-state index contributed by atoms with van der Waals surface area (Å²) in [5.74, 6) is -1.35. The molecular formula is C17H19F3N8O2. The fourth-order valence-corrected chi connectivity index (χ4v) is 2.82. The number of nitrogens with zero attached hydrogens (tertiary/aromatic N) is 6. The maximum absolute atomic E-state index is 13.1. The van der Waals surface area contributed by atoms with Gasteiger partial charge in [-0.25, -0.2) is 0 Å². The molecule has 3 heterocycles. The number of rotatable bonds is 5. The number of aryl methyl sites for hydroxylation is 3. The molecule has 30 heavy (non-hydrogen) atoms. The molecule has 3 aromatic heterocycles. The summed E-state index contributed by atoms with van der Waals surface area (Å²) in [4.78, 5) is 25.0. The third-order valence-corrected chi connectivity index (χ3v) is 4.40. The number of nitrogens with one attached hydrogen (secondary N) is 2. The maximum Gasteiger partial charge on any atom is 0.433 e. The smallest absolute Gasteiger partial charge is 0.321 e. The lowest BCUT2D eigenvalue weighted by atomic mass is 10.3. The number of anilines is 2. The van der Waals surface area contributed by atoms with Gasteiger partial charge in [0.1, 0.15) is 17.9 Å². The summed E-state index contributed by atoms with van der Waals surface area (Å²) in [6.45, 7) is 2.48. The lowest BCUT2D eigenvalue weighted by Crippen LogP contribution is -2.25. The molecule has 0 aliphatic rings. The van der Waals surface area contributed by atoms with Crippen molar-refractivity contribution in [3.8, 4) is 0 Å². The van der Waals surface area contributed by atoms with Gasteiger partial charge in [0.05, 0.1) is 35.2 Å². The number of aromatic nitrogens is 6. The molecule has 0 radical (unpaired) electrons. The van der Waals surface area contributed by atoms with Crippen LogP contribution >= 0.6 is 0 Å². The molecule has 0 aliphatic heterocycles. The van der Waals surface area contributed by atoms with Crippen LogP contribution in [-0.4, -0.2) is 41.2 Å². The standard InChI is InChI=1S/C17H19F3N8O2/c1-9-5-13(17(18,19)20)28(25-9)8-14(29)23-12-7-22-27(4)15(12)16(30)24-11-6-21-26(3)10(11)2/h5-7H,8H2,1-4H3,(H,23,29)(H,24,30). The van der Waals surface area contributed by atoms with Gasteiger partial charge in [0, 0.05) is 14.1 Å². The number of carbonyl (C=O) groups excluding carboxylic acids is 2. The first kappa shape index (κ1) is 21.1. The fraction of sp³-hybridized carbons (Fsp3) is 0.353. The summed E-state index contributed by atoms with van der Waals surface area (Å²) in [6, 6.07) is 0.854. The monoisotopic (exact) mass is 424 g/mol. The summed E-state index contributed by atoms with van der Waals surface area (Å²) >= 11 is 0. The first-order valence-electron chi connectivity index (χ1n) is 8.70. The highest BCUT2D eigenvalue weighted by molar-refractivity contribution is 6.09. The predicted octanol–water partition coefficient (Wildman–Crippen LogP) is 1.88. The minimum Gasteiger partial charge on any atom is -0.321 e. The summed E-state index contributed by atoms with van der Waals surface area (Å²) < 4.78 is 42.7. The summed E-state index contributed by atoms with van der Waals surface area (Å²) in [5, 5.41) is 16.8. The molecule has 2 N–H and O–H groups in total. The van der Waals surface area contributed by atoms with Gasteiger partial charge in [0.25, 0.3) is 5.91 Å². The van der Waals surface area contributed by atoms with Crippen molar-refractivity contribution in [2.75, 3.05) is 10.6 Å². The van der Waals surface area contributed by atoms with Gasteiger partial charge in [0.15, 0.2) is 0 Å². The molecule has 0 aliphatic carbocycles. The van der Waals surface area contributed by atoms with Crippen molar-refractivity contribution < 1.29 is 22.8 Å². The van der Waals surface area contributed by atoms with Gasteiger partial charge >= 0.3 is 6.18 Å². The fourth-order valence-electron chi connectivity index (χ4n) is 2.82. The van der Waals surface area contributed by atoms with E-state index in [0.29, 0.717) is 16.1 Å². The maximum atomic E-state index is 13.1. The quantitative estimate of drug-likeness (QED) is 0.650. The average Bonchev–Trinajstić information content (AvgIpc) is 3.28. The number of carbonyl (C=O) groups is 2. The topological polar surface area (TPSA) is 112 Å². The van der Waals surface area contributed by atoms with Crippen LogP contribution < -0.4 is 10.6 Å². The van der Waals surface area contributed by atoms with Crippen LogP contribution in [0.3, 0.4) is 0 Å². The second-order valence-electron chi connectivity index (χ2n) is 6.63. The number of hydrogen-bond acceptors (Lipinski definition) is 5. The Morgan fingerprint density at radius 2 is 1.67 bits per heavy atom. The second-order valence-corrected chi connectivity index (χ2v) is 6.63. The van der Waals surface area contributed by atoms with Crippen molar-refractivity contribution in [1.29, 1.82) is 0 Å². The number of amides is 2. The van der Waals surface area contributed by atoms with E-state index in [1.807, 2.05) is 0 Å². The molecule has 0 bridgehead atoms. The van der Waals surface area contributed by atoms with Crippen LogP contribution in [0.1, 0.15) is 27.6 Å². The van der Waals surface area contributed by atoms with E-state index in [1.165, 1.54) is 31.0 Å². The third kappa shape index (κ3) is 4.18. The van der Waals surface area contributed by atoms with E-state index in [0.717, 1.165) is 6.07 Å². The zero-order valence-electron chi connectivity index (χ0n) is 16.6. The zero-order valence-corrected chi connectivity index (χ0v) is 16.6. The highest BCUT2D eigenvalue weighted by Crippen LogP contribution is 2.29. The van der Waals surface area contributed by atoms with Crippen LogP contribution in [0.5, 0.6) is 0 Å². The average molecular weight is 424 g/mol. The van der Waals surface area contributed by atoms with E-state index in [9.17, 15) is 22.8 Å². The third-order valence-electron chi connectivity index (χ3n) is 4.40. The molecule has 10 nitrogen and oxygen atoms in total. The molecule has 3 rings (SSSR count). The highest BCUT2D eigenvalue weighted by Gasteiger charge is 2.36.